The van der Waals surface area contributed by atoms with Crippen molar-refractivity contribution in [2.24, 2.45) is 47.3 Å². The van der Waals surface area contributed by atoms with Crippen molar-refractivity contribution in [2.75, 3.05) is 0 Å². The van der Waals surface area contributed by atoms with E-state index >= 15 is 0 Å². The first-order chi connectivity index (χ1) is 13.4. The average molecular weight is 391 g/mol. The van der Waals surface area contributed by atoms with E-state index < -0.39 is 5.97 Å². The molecule has 4 aliphatic rings. The van der Waals surface area contributed by atoms with E-state index in [0.29, 0.717) is 12.3 Å². The summed E-state index contributed by atoms with van der Waals surface area (Å²) < 4.78 is 5.55. The Morgan fingerprint density at radius 3 is 2.25 bits per heavy atom. The molecule has 4 nitrogen and oxygen atoms in total. The lowest BCUT2D eigenvalue weighted by Gasteiger charge is -2.53. The highest BCUT2D eigenvalue weighted by Gasteiger charge is 2.52. The summed E-state index contributed by atoms with van der Waals surface area (Å²) in [5.41, 5.74) is 0. The standard InChI is InChI=1S/C24H38O4/c1-14(3-12-24(26)27)18-8-9-23-20(18)10-11-21-19-7-5-17(28-15(2)25)13-16(19)4-6-22(21)23/h14,16-23H,3-13H2,1-2H3,(H,26,27). The molecule has 0 aromatic carbocycles. The highest BCUT2D eigenvalue weighted by atomic mass is 16.5. The fourth-order valence-corrected chi connectivity index (χ4v) is 8.13. The van der Waals surface area contributed by atoms with E-state index in [9.17, 15) is 9.59 Å². The van der Waals surface area contributed by atoms with Crippen molar-refractivity contribution in [3.05, 3.63) is 0 Å². The summed E-state index contributed by atoms with van der Waals surface area (Å²) in [5.74, 6) is 5.70. The third kappa shape index (κ3) is 3.98. The van der Waals surface area contributed by atoms with Crippen LogP contribution in [0.3, 0.4) is 0 Å². The Bertz CT molecular complexity index is 587. The van der Waals surface area contributed by atoms with Crippen molar-refractivity contribution in [1.29, 1.82) is 0 Å². The number of hydrogen-bond donors (Lipinski definition) is 1. The van der Waals surface area contributed by atoms with Crippen LogP contribution >= 0.6 is 0 Å². The monoisotopic (exact) mass is 390 g/mol. The largest absolute Gasteiger partial charge is 0.481 e. The van der Waals surface area contributed by atoms with Gasteiger partial charge in [0.15, 0.2) is 0 Å². The summed E-state index contributed by atoms with van der Waals surface area (Å²) in [6.45, 7) is 3.84. The minimum atomic E-state index is -0.646. The predicted octanol–water partition coefficient (Wildman–Crippen LogP) is 5.30. The Kier molecular flexibility index (Phi) is 6.04. The molecule has 0 bridgehead atoms. The quantitative estimate of drug-likeness (QED) is 0.647. The van der Waals surface area contributed by atoms with Crippen LogP contribution in [0.4, 0.5) is 0 Å². The maximum absolute atomic E-state index is 11.3. The third-order valence-corrected chi connectivity index (χ3v) is 9.16. The number of rotatable bonds is 5. The van der Waals surface area contributed by atoms with E-state index in [2.05, 4.69) is 6.92 Å². The zero-order valence-electron chi connectivity index (χ0n) is 17.6. The van der Waals surface area contributed by atoms with Crippen LogP contribution < -0.4 is 0 Å². The number of carboxylic acid groups (broad SMARTS) is 1. The van der Waals surface area contributed by atoms with Gasteiger partial charge in [-0.05, 0) is 112 Å². The molecule has 0 spiro atoms. The van der Waals surface area contributed by atoms with Crippen molar-refractivity contribution >= 4 is 11.9 Å². The van der Waals surface area contributed by atoms with Gasteiger partial charge in [0, 0.05) is 13.3 Å². The SMILES string of the molecule is CC(=O)OC1CCC2C(CCC3C2CCC2C(C(C)CCC(=O)O)CCC23)C1. The summed E-state index contributed by atoms with van der Waals surface area (Å²) in [6.07, 6.45) is 12.9. The molecule has 0 radical (unpaired) electrons. The molecule has 0 aromatic rings. The number of carbonyl (C=O) groups is 2. The van der Waals surface area contributed by atoms with Gasteiger partial charge < -0.3 is 9.84 Å². The van der Waals surface area contributed by atoms with Crippen LogP contribution in [0.1, 0.15) is 84.5 Å². The second-order valence-corrected chi connectivity index (χ2v) is 10.4. The Morgan fingerprint density at radius 2 is 1.50 bits per heavy atom. The summed E-state index contributed by atoms with van der Waals surface area (Å²) in [6, 6.07) is 0. The maximum Gasteiger partial charge on any atom is 0.303 e. The third-order valence-electron chi connectivity index (χ3n) is 9.16. The molecule has 0 heterocycles. The van der Waals surface area contributed by atoms with E-state index in [1.807, 2.05) is 0 Å². The number of aliphatic carboxylic acids is 1. The van der Waals surface area contributed by atoms with E-state index in [1.165, 1.54) is 51.9 Å². The lowest BCUT2D eigenvalue weighted by atomic mass is 9.53. The van der Waals surface area contributed by atoms with E-state index in [-0.39, 0.29) is 12.1 Å². The Labute approximate surface area is 169 Å². The van der Waals surface area contributed by atoms with Crippen LogP contribution in [0.25, 0.3) is 0 Å². The molecule has 4 fully saturated rings. The molecule has 0 saturated heterocycles. The van der Waals surface area contributed by atoms with Gasteiger partial charge in [-0.1, -0.05) is 6.92 Å². The average Bonchev–Trinajstić information content (AvgIpc) is 3.09. The molecule has 0 amide bonds. The molecule has 0 aliphatic heterocycles. The van der Waals surface area contributed by atoms with Crippen molar-refractivity contribution in [3.63, 3.8) is 0 Å². The van der Waals surface area contributed by atoms with Gasteiger partial charge in [0.1, 0.15) is 6.10 Å². The first-order valence-corrected chi connectivity index (χ1v) is 11.8. The molecule has 158 valence electrons. The molecule has 4 aliphatic carbocycles. The Hall–Kier alpha value is -1.06. The molecular formula is C24H38O4. The zero-order valence-corrected chi connectivity index (χ0v) is 17.6. The van der Waals surface area contributed by atoms with Crippen LogP contribution in [-0.4, -0.2) is 23.1 Å². The Balaban J connectivity index is 1.37. The van der Waals surface area contributed by atoms with Crippen LogP contribution in [-0.2, 0) is 14.3 Å². The topological polar surface area (TPSA) is 63.6 Å². The van der Waals surface area contributed by atoms with E-state index in [4.69, 9.17) is 9.84 Å². The summed E-state index contributed by atoms with van der Waals surface area (Å²) in [7, 11) is 0. The maximum atomic E-state index is 11.3. The number of esters is 1. The highest BCUT2D eigenvalue weighted by Crippen LogP contribution is 2.60. The number of hydrogen-bond acceptors (Lipinski definition) is 3. The molecule has 9 unspecified atom stereocenters. The molecule has 9 atom stereocenters. The van der Waals surface area contributed by atoms with Gasteiger partial charge in [-0.3, -0.25) is 9.59 Å². The van der Waals surface area contributed by atoms with Gasteiger partial charge in [0.25, 0.3) is 0 Å². The minimum Gasteiger partial charge on any atom is -0.481 e. The van der Waals surface area contributed by atoms with Crippen molar-refractivity contribution < 1.29 is 19.4 Å². The molecule has 1 N–H and O–H groups in total. The van der Waals surface area contributed by atoms with Crippen molar-refractivity contribution in [3.8, 4) is 0 Å². The molecule has 4 heteroatoms. The second kappa shape index (κ2) is 8.36. The molecular weight excluding hydrogens is 352 g/mol. The van der Waals surface area contributed by atoms with Gasteiger partial charge in [-0.25, -0.2) is 0 Å². The first-order valence-electron chi connectivity index (χ1n) is 11.8. The van der Waals surface area contributed by atoms with Crippen LogP contribution in [0.15, 0.2) is 0 Å². The lowest BCUT2D eigenvalue weighted by Crippen LogP contribution is -2.46. The second-order valence-electron chi connectivity index (χ2n) is 10.4. The van der Waals surface area contributed by atoms with Crippen molar-refractivity contribution in [2.45, 2.75) is 90.6 Å². The van der Waals surface area contributed by atoms with Gasteiger partial charge >= 0.3 is 11.9 Å². The normalized spacial score (nSPS) is 43.4. The van der Waals surface area contributed by atoms with E-state index in [0.717, 1.165) is 60.7 Å². The van der Waals surface area contributed by atoms with Gasteiger partial charge in [-0.15, -0.1) is 0 Å². The molecule has 4 saturated carbocycles. The summed E-state index contributed by atoms with van der Waals surface area (Å²) in [4.78, 5) is 22.3. The summed E-state index contributed by atoms with van der Waals surface area (Å²) in [5, 5.41) is 9.04. The fraction of sp³-hybridized carbons (Fsp3) is 0.917. The zero-order chi connectivity index (χ0) is 19.8. The summed E-state index contributed by atoms with van der Waals surface area (Å²) >= 11 is 0. The van der Waals surface area contributed by atoms with Gasteiger partial charge in [0.05, 0.1) is 0 Å². The van der Waals surface area contributed by atoms with Crippen molar-refractivity contribution in [1.82, 2.24) is 0 Å². The molecule has 28 heavy (non-hydrogen) atoms. The van der Waals surface area contributed by atoms with Gasteiger partial charge in [-0.2, -0.15) is 0 Å². The predicted molar refractivity (Wildman–Crippen MR) is 108 cm³/mol. The first kappa shape index (κ1) is 20.2. The minimum absolute atomic E-state index is 0.119. The van der Waals surface area contributed by atoms with Gasteiger partial charge in [0.2, 0.25) is 0 Å². The van der Waals surface area contributed by atoms with Crippen LogP contribution in [0, 0.1) is 47.3 Å². The van der Waals surface area contributed by atoms with E-state index in [1.54, 1.807) is 0 Å². The highest BCUT2D eigenvalue weighted by molar-refractivity contribution is 5.66. The number of fused-ring (bicyclic) bond motifs is 5. The smallest absolute Gasteiger partial charge is 0.303 e. The molecule has 0 aromatic heterocycles. The lowest BCUT2D eigenvalue weighted by molar-refractivity contribution is -0.151. The van der Waals surface area contributed by atoms with Crippen LogP contribution in [0.5, 0.6) is 0 Å². The van der Waals surface area contributed by atoms with Crippen LogP contribution in [0.2, 0.25) is 0 Å². The number of ether oxygens (including phenoxy) is 1. The number of carbonyl (C=O) groups excluding carboxylic acids is 1. The number of carboxylic acids is 1. The fourth-order valence-electron chi connectivity index (χ4n) is 8.13. The Morgan fingerprint density at radius 1 is 0.893 bits per heavy atom. The molecule has 4 rings (SSSR count).